The molecule has 1 aromatic carbocycles. The summed E-state index contributed by atoms with van der Waals surface area (Å²) < 4.78 is 31.0. The maximum Gasteiger partial charge on any atom is 0.354 e. The van der Waals surface area contributed by atoms with Gasteiger partial charge < -0.3 is 4.74 Å². The van der Waals surface area contributed by atoms with Crippen LogP contribution in [0, 0.1) is 11.6 Å². The van der Waals surface area contributed by atoms with Gasteiger partial charge in [0.15, 0.2) is 11.6 Å². The molecule has 0 bridgehead atoms. The second-order valence-corrected chi connectivity index (χ2v) is 3.13. The second kappa shape index (κ2) is 5.93. The van der Waals surface area contributed by atoms with Gasteiger partial charge >= 0.3 is 5.97 Å². The number of esters is 1. The Morgan fingerprint density at radius 2 is 2.00 bits per heavy atom. The average Bonchev–Trinajstić information content (AvgIpc) is 2.28. The molecule has 0 amide bonds. The predicted molar refractivity (Wildman–Crippen MR) is 59.7 cm³/mol. The largest absolute Gasteiger partial charge is 0.461 e. The number of ether oxygens (including phenoxy) is 1. The zero-order chi connectivity index (χ0) is 12.8. The van der Waals surface area contributed by atoms with Crippen LogP contribution in [0.2, 0.25) is 0 Å². The number of para-hydroxylation sites is 1. The van der Waals surface area contributed by atoms with Gasteiger partial charge in [-0.15, -0.1) is 0 Å². The molecule has 0 aromatic heterocycles. The standard InChI is InChI=1S/C11H12F2N2O2/c1-3-17-11(16)7(2)14-15-10-8(12)5-4-6-9(10)13/h4-6,15H,3H2,1-2H3. The number of benzene rings is 1. The summed E-state index contributed by atoms with van der Waals surface area (Å²) in [6.45, 7) is 3.23. The van der Waals surface area contributed by atoms with Gasteiger partial charge in [-0.1, -0.05) is 6.07 Å². The van der Waals surface area contributed by atoms with Gasteiger partial charge in [0.1, 0.15) is 11.4 Å². The van der Waals surface area contributed by atoms with E-state index in [1.54, 1.807) is 6.92 Å². The molecule has 0 radical (unpaired) electrons. The molecule has 0 aliphatic carbocycles. The summed E-state index contributed by atoms with van der Waals surface area (Å²) in [7, 11) is 0. The Labute approximate surface area is 97.3 Å². The van der Waals surface area contributed by atoms with Gasteiger partial charge in [0, 0.05) is 0 Å². The number of carbonyl (C=O) groups is 1. The first-order chi connectivity index (χ1) is 8.06. The molecule has 0 aliphatic heterocycles. The summed E-state index contributed by atoms with van der Waals surface area (Å²) in [5.74, 6) is -2.22. The topological polar surface area (TPSA) is 50.7 Å². The van der Waals surface area contributed by atoms with E-state index in [2.05, 4.69) is 15.3 Å². The van der Waals surface area contributed by atoms with Crippen LogP contribution in [0.1, 0.15) is 13.8 Å². The minimum absolute atomic E-state index is 0.0190. The van der Waals surface area contributed by atoms with Crippen LogP contribution in [0.4, 0.5) is 14.5 Å². The molecule has 0 heterocycles. The minimum atomic E-state index is -0.787. The average molecular weight is 242 g/mol. The maximum absolute atomic E-state index is 13.2. The molecule has 1 N–H and O–H groups in total. The SMILES string of the molecule is CCOC(=O)C(C)=NNc1c(F)cccc1F. The highest BCUT2D eigenvalue weighted by atomic mass is 19.1. The monoisotopic (exact) mass is 242 g/mol. The Hall–Kier alpha value is -1.98. The number of hydrazone groups is 1. The lowest BCUT2D eigenvalue weighted by atomic mass is 10.3. The molecule has 1 rings (SSSR count). The molecule has 92 valence electrons. The van der Waals surface area contributed by atoms with Gasteiger partial charge in [0.25, 0.3) is 0 Å². The number of hydrogen-bond acceptors (Lipinski definition) is 4. The summed E-state index contributed by atoms with van der Waals surface area (Å²) in [6, 6.07) is 3.40. The second-order valence-electron chi connectivity index (χ2n) is 3.13. The minimum Gasteiger partial charge on any atom is -0.461 e. The van der Waals surface area contributed by atoms with Crippen LogP contribution in [0.15, 0.2) is 23.3 Å². The lowest BCUT2D eigenvalue weighted by molar-refractivity contribution is -0.135. The van der Waals surface area contributed by atoms with E-state index in [1.165, 1.54) is 13.0 Å². The van der Waals surface area contributed by atoms with Crippen molar-refractivity contribution in [2.75, 3.05) is 12.0 Å². The Morgan fingerprint density at radius 1 is 1.41 bits per heavy atom. The Kier molecular flexibility index (Phi) is 4.56. The van der Waals surface area contributed by atoms with Gasteiger partial charge in [-0.3, -0.25) is 5.43 Å². The number of nitrogens with zero attached hydrogens (tertiary/aromatic N) is 1. The molecule has 0 fully saturated rings. The molecule has 0 saturated carbocycles. The fraction of sp³-hybridized carbons (Fsp3) is 0.273. The fourth-order valence-electron chi connectivity index (χ4n) is 1.03. The normalized spacial score (nSPS) is 11.2. The summed E-state index contributed by atoms with van der Waals surface area (Å²) in [4.78, 5) is 11.2. The fourth-order valence-corrected chi connectivity index (χ4v) is 1.03. The van der Waals surface area contributed by atoms with E-state index in [0.29, 0.717) is 0 Å². The van der Waals surface area contributed by atoms with Crippen LogP contribution in [0.3, 0.4) is 0 Å². The molecule has 0 aliphatic rings. The highest BCUT2D eigenvalue weighted by Gasteiger charge is 2.09. The molecular weight excluding hydrogens is 230 g/mol. The van der Waals surface area contributed by atoms with Gasteiger partial charge in [0.2, 0.25) is 0 Å². The molecular formula is C11H12F2N2O2. The summed E-state index contributed by atoms with van der Waals surface area (Å²) >= 11 is 0. The highest BCUT2D eigenvalue weighted by Crippen LogP contribution is 2.17. The van der Waals surface area contributed by atoms with Crippen LogP contribution in [0.25, 0.3) is 0 Å². The molecule has 1 aromatic rings. The van der Waals surface area contributed by atoms with Crippen molar-refractivity contribution in [2.24, 2.45) is 5.10 Å². The smallest absolute Gasteiger partial charge is 0.354 e. The van der Waals surface area contributed by atoms with E-state index in [9.17, 15) is 13.6 Å². The zero-order valence-electron chi connectivity index (χ0n) is 9.46. The first-order valence-corrected chi connectivity index (χ1v) is 4.97. The Morgan fingerprint density at radius 3 is 2.53 bits per heavy atom. The third-order valence-electron chi connectivity index (χ3n) is 1.87. The van der Waals surface area contributed by atoms with Crippen LogP contribution in [-0.4, -0.2) is 18.3 Å². The molecule has 0 unspecified atom stereocenters. The molecule has 17 heavy (non-hydrogen) atoms. The van der Waals surface area contributed by atoms with E-state index >= 15 is 0 Å². The number of halogens is 2. The molecule has 6 heteroatoms. The van der Waals surface area contributed by atoms with E-state index < -0.39 is 23.3 Å². The molecule has 0 spiro atoms. The van der Waals surface area contributed by atoms with E-state index in [1.807, 2.05) is 0 Å². The van der Waals surface area contributed by atoms with Gasteiger partial charge in [-0.05, 0) is 26.0 Å². The van der Waals surface area contributed by atoms with Gasteiger partial charge in [0.05, 0.1) is 6.61 Å². The van der Waals surface area contributed by atoms with Crippen molar-refractivity contribution in [1.82, 2.24) is 0 Å². The van der Waals surface area contributed by atoms with Crippen molar-refractivity contribution in [1.29, 1.82) is 0 Å². The highest BCUT2D eigenvalue weighted by molar-refractivity contribution is 6.35. The lowest BCUT2D eigenvalue weighted by Crippen LogP contribution is -2.15. The van der Waals surface area contributed by atoms with Crippen molar-refractivity contribution >= 4 is 17.4 Å². The van der Waals surface area contributed by atoms with Crippen molar-refractivity contribution in [3.8, 4) is 0 Å². The lowest BCUT2D eigenvalue weighted by Gasteiger charge is -2.05. The van der Waals surface area contributed by atoms with Gasteiger partial charge in [-0.2, -0.15) is 5.10 Å². The molecule has 0 saturated heterocycles. The maximum atomic E-state index is 13.2. The van der Waals surface area contributed by atoms with Crippen LogP contribution in [-0.2, 0) is 9.53 Å². The van der Waals surface area contributed by atoms with Crippen molar-refractivity contribution < 1.29 is 18.3 Å². The number of nitrogens with one attached hydrogen (secondary N) is 1. The quantitative estimate of drug-likeness (QED) is 0.500. The third-order valence-corrected chi connectivity index (χ3v) is 1.87. The summed E-state index contributed by atoms with van der Waals surface area (Å²) in [5, 5.41) is 3.55. The first kappa shape index (κ1) is 13.1. The van der Waals surface area contributed by atoms with Gasteiger partial charge in [-0.25, -0.2) is 13.6 Å². The Balaban J connectivity index is 2.79. The molecule has 0 atom stereocenters. The van der Waals surface area contributed by atoms with Crippen LogP contribution < -0.4 is 5.43 Å². The number of hydrogen-bond donors (Lipinski definition) is 1. The van der Waals surface area contributed by atoms with Crippen molar-refractivity contribution in [3.05, 3.63) is 29.8 Å². The summed E-state index contributed by atoms with van der Waals surface area (Å²) in [5.41, 5.74) is 1.73. The number of anilines is 1. The third kappa shape index (κ3) is 3.51. The predicted octanol–water partition coefficient (Wildman–Crippen LogP) is 2.32. The van der Waals surface area contributed by atoms with Crippen LogP contribution >= 0.6 is 0 Å². The Bertz CT molecular complexity index is 427. The van der Waals surface area contributed by atoms with E-state index in [4.69, 9.17) is 0 Å². The van der Waals surface area contributed by atoms with E-state index in [-0.39, 0.29) is 12.3 Å². The summed E-state index contributed by atoms with van der Waals surface area (Å²) in [6.07, 6.45) is 0. The number of rotatable bonds is 4. The van der Waals surface area contributed by atoms with Crippen LogP contribution in [0.5, 0.6) is 0 Å². The van der Waals surface area contributed by atoms with Crippen molar-refractivity contribution in [2.45, 2.75) is 13.8 Å². The first-order valence-electron chi connectivity index (χ1n) is 4.97. The zero-order valence-corrected chi connectivity index (χ0v) is 9.46. The molecule has 4 nitrogen and oxygen atoms in total. The number of carbonyl (C=O) groups excluding carboxylic acids is 1. The van der Waals surface area contributed by atoms with Crippen molar-refractivity contribution in [3.63, 3.8) is 0 Å². The van der Waals surface area contributed by atoms with E-state index in [0.717, 1.165) is 12.1 Å².